The van der Waals surface area contributed by atoms with E-state index in [2.05, 4.69) is 54.8 Å². The van der Waals surface area contributed by atoms with Crippen molar-refractivity contribution in [3.05, 3.63) is 65.2 Å². The van der Waals surface area contributed by atoms with E-state index in [1.54, 1.807) is 0 Å². The van der Waals surface area contributed by atoms with Crippen molar-refractivity contribution in [3.8, 4) is 0 Å². The molecule has 2 aromatic carbocycles. The fraction of sp³-hybridized carbons (Fsp3) is 0.350. The zero-order valence-electron chi connectivity index (χ0n) is 14.1. The number of rotatable bonds is 8. The summed E-state index contributed by atoms with van der Waals surface area (Å²) in [6.45, 7) is 5.54. The van der Waals surface area contributed by atoms with E-state index >= 15 is 0 Å². The van der Waals surface area contributed by atoms with Gasteiger partial charge in [-0.1, -0.05) is 42.5 Å². The van der Waals surface area contributed by atoms with Gasteiger partial charge in [0.15, 0.2) is 0 Å². The van der Waals surface area contributed by atoms with Gasteiger partial charge in [-0.15, -0.1) is 0 Å². The van der Waals surface area contributed by atoms with Crippen molar-refractivity contribution < 1.29 is 4.79 Å². The smallest absolute Gasteiger partial charge is 0.221 e. The van der Waals surface area contributed by atoms with E-state index in [1.807, 2.05) is 18.2 Å². The van der Waals surface area contributed by atoms with Crippen LogP contribution in [0.25, 0.3) is 0 Å². The Bertz CT molecular complexity index is 623. The number of aryl methyl sites for hydroxylation is 3. The molecule has 0 saturated heterocycles. The zero-order valence-corrected chi connectivity index (χ0v) is 14.1. The number of carbonyl (C=O) groups excluding carboxylic acids is 1. The second kappa shape index (κ2) is 8.99. The van der Waals surface area contributed by atoms with Gasteiger partial charge in [0, 0.05) is 25.2 Å². The van der Waals surface area contributed by atoms with Crippen LogP contribution in [0.15, 0.2) is 48.5 Å². The molecule has 2 rings (SSSR count). The van der Waals surface area contributed by atoms with Crippen LogP contribution in [0.2, 0.25) is 0 Å². The van der Waals surface area contributed by atoms with Crippen LogP contribution in [-0.2, 0) is 11.2 Å². The van der Waals surface area contributed by atoms with E-state index in [0.29, 0.717) is 13.0 Å². The first kappa shape index (κ1) is 17.1. The second-order valence-corrected chi connectivity index (χ2v) is 5.93. The summed E-state index contributed by atoms with van der Waals surface area (Å²) in [7, 11) is 0. The number of nitrogens with one attached hydrogen (secondary N) is 2. The average molecular weight is 310 g/mol. The number of anilines is 1. The largest absolute Gasteiger partial charge is 0.384 e. The maximum absolute atomic E-state index is 11.8. The lowest BCUT2D eigenvalue weighted by molar-refractivity contribution is -0.120. The molecule has 0 heterocycles. The van der Waals surface area contributed by atoms with Crippen molar-refractivity contribution in [2.45, 2.75) is 33.1 Å². The average Bonchev–Trinajstić information content (AvgIpc) is 2.56. The van der Waals surface area contributed by atoms with Crippen LogP contribution in [-0.4, -0.2) is 19.0 Å². The topological polar surface area (TPSA) is 41.1 Å². The van der Waals surface area contributed by atoms with Crippen LogP contribution in [0.5, 0.6) is 0 Å². The molecule has 2 N–H and O–H groups in total. The van der Waals surface area contributed by atoms with Crippen LogP contribution in [0, 0.1) is 13.8 Å². The number of carbonyl (C=O) groups is 1. The summed E-state index contributed by atoms with van der Waals surface area (Å²) in [5.74, 6) is 0.107. The van der Waals surface area contributed by atoms with Crippen LogP contribution in [0.3, 0.4) is 0 Å². The summed E-state index contributed by atoms with van der Waals surface area (Å²) in [6, 6.07) is 16.7. The van der Waals surface area contributed by atoms with Gasteiger partial charge in [-0.05, 0) is 49.4 Å². The van der Waals surface area contributed by atoms with E-state index < -0.39 is 0 Å². The number of hydrogen-bond donors (Lipinski definition) is 2. The SMILES string of the molecule is Cc1ccc(C)c(NCCC(=O)NCCCc2ccccc2)c1. The molecule has 0 radical (unpaired) electrons. The van der Waals surface area contributed by atoms with Crippen LogP contribution in [0.1, 0.15) is 29.5 Å². The molecular weight excluding hydrogens is 284 g/mol. The van der Waals surface area contributed by atoms with Gasteiger partial charge in [-0.25, -0.2) is 0 Å². The summed E-state index contributed by atoms with van der Waals surface area (Å²) in [5, 5.41) is 6.33. The highest BCUT2D eigenvalue weighted by Gasteiger charge is 2.02. The summed E-state index contributed by atoms with van der Waals surface area (Å²) < 4.78 is 0. The third-order valence-corrected chi connectivity index (χ3v) is 3.87. The molecular formula is C20H26N2O. The van der Waals surface area contributed by atoms with Gasteiger partial charge >= 0.3 is 0 Å². The second-order valence-electron chi connectivity index (χ2n) is 5.93. The molecule has 0 saturated carbocycles. The molecule has 0 atom stereocenters. The van der Waals surface area contributed by atoms with Crippen molar-refractivity contribution in [2.75, 3.05) is 18.4 Å². The molecule has 0 spiro atoms. The Morgan fingerprint density at radius 3 is 2.57 bits per heavy atom. The summed E-state index contributed by atoms with van der Waals surface area (Å²) >= 11 is 0. The number of benzene rings is 2. The van der Waals surface area contributed by atoms with Gasteiger partial charge in [-0.3, -0.25) is 4.79 Å². The molecule has 1 amide bonds. The minimum Gasteiger partial charge on any atom is -0.384 e. The number of hydrogen-bond acceptors (Lipinski definition) is 2. The Hall–Kier alpha value is -2.29. The third kappa shape index (κ3) is 6.15. The van der Waals surface area contributed by atoms with E-state index in [9.17, 15) is 4.79 Å². The standard InChI is InChI=1S/C20H26N2O/c1-16-10-11-17(2)19(15-16)21-14-12-20(23)22-13-6-9-18-7-4-3-5-8-18/h3-5,7-8,10-11,15,21H,6,9,12-14H2,1-2H3,(H,22,23). The van der Waals surface area contributed by atoms with Gasteiger partial charge < -0.3 is 10.6 Å². The van der Waals surface area contributed by atoms with E-state index in [1.165, 1.54) is 16.7 Å². The lowest BCUT2D eigenvalue weighted by Gasteiger charge is -2.10. The highest BCUT2D eigenvalue weighted by molar-refractivity contribution is 5.76. The van der Waals surface area contributed by atoms with Crippen LogP contribution in [0.4, 0.5) is 5.69 Å². The minimum absolute atomic E-state index is 0.107. The molecule has 0 aliphatic rings. The predicted molar refractivity (Wildman–Crippen MR) is 96.8 cm³/mol. The highest BCUT2D eigenvalue weighted by Crippen LogP contribution is 2.15. The maximum Gasteiger partial charge on any atom is 0.221 e. The Balaban J connectivity index is 1.61. The molecule has 3 nitrogen and oxygen atoms in total. The molecule has 0 aliphatic carbocycles. The summed E-state index contributed by atoms with van der Waals surface area (Å²) in [6.07, 6.45) is 2.47. The molecule has 0 unspecified atom stereocenters. The van der Waals surface area contributed by atoms with E-state index in [4.69, 9.17) is 0 Å². The first-order valence-corrected chi connectivity index (χ1v) is 8.27. The van der Waals surface area contributed by atoms with Crippen molar-refractivity contribution in [1.29, 1.82) is 0 Å². The van der Waals surface area contributed by atoms with Crippen LogP contribution < -0.4 is 10.6 Å². The molecule has 3 heteroatoms. The Morgan fingerprint density at radius 2 is 1.78 bits per heavy atom. The first-order valence-electron chi connectivity index (χ1n) is 8.27. The van der Waals surface area contributed by atoms with E-state index in [0.717, 1.165) is 25.1 Å². The Labute approximate surface area is 139 Å². The fourth-order valence-corrected chi connectivity index (χ4v) is 2.49. The van der Waals surface area contributed by atoms with Crippen molar-refractivity contribution in [1.82, 2.24) is 5.32 Å². The Kier molecular flexibility index (Phi) is 6.67. The molecule has 0 aromatic heterocycles. The Morgan fingerprint density at radius 1 is 1.00 bits per heavy atom. The monoisotopic (exact) mass is 310 g/mol. The number of amides is 1. The molecule has 23 heavy (non-hydrogen) atoms. The highest BCUT2D eigenvalue weighted by atomic mass is 16.1. The van der Waals surface area contributed by atoms with Gasteiger partial charge in [-0.2, -0.15) is 0 Å². The fourth-order valence-electron chi connectivity index (χ4n) is 2.49. The molecule has 122 valence electrons. The summed E-state index contributed by atoms with van der Waals surface area (Å²) in [4.78, 5) is 11.8. The lowest BCUT2D eigenvalue weighted by atomic mass is 10.1. The van der Waals surface area contributed by atoms with Gasteiger partial charge in [0.1, 0.15) is 0 Å². The van der Waals surface area contributed by atoms with Gasteiger partial charge in [0.05, 0.1) is 0 Å². The van der Waals surface area contributed by atoms with Crippen molar-refractivity contribution in [3.63, 3.8) is 0 Å². The van der Waals surface area contributed by atoms with Gasteiger partial charge in [0.25, 0.3) is 0 Å². The van der Waals surface area contributed by atoms with Crippen molar-refractivity contribution >= 4 is 11.6 Å². The lowest BCUT2D eigenvalue weighted by Crippen LogP contribution is -2.26. The molecule has 0 fully saturated rings. The molecule has 0 aliphatic heterocycles. The van der Waals surface area contributed by atoms with Crippen LogP contribution >= 0.6 is 0 Å². The zero-order chi connectivity index (χ0) is 16.5. The minimum atomic E-state index is 0.107. The van der Waals surface area contributed by atoms with Gasteiger partial charge in [0.2, 0.25) is 5.91 Å². The first-order chi connectivity index (χ1) is 11.1. The third-order valence-electron chi connectivity index (χ3n) is 3.87. The quantitative estimate of drug-likeness (QED) is 0.727. The maximum atomic E-state index is 11.8. The molecule has 2 aromatic rings. The normalized spacial score (nSPS) is 10.3. The summed E-state index contributed by atoms with van der Waals surface area (Å²) in [5.41, 5.74) is 4.86. The van der Waals surface area contributed by atoms with Crippen molar-refractivity contribution in [2.24, 2.45) is 0 Å². The molecule has 0 bridgehead atoms. The van der Waals surface area contributed by atoms with E-state index in [-0.39, 0.29) is 5.91 Å². The predicted octanol–water partition coefficient (Wildman–Crippen LogP) is 3.85.